The summed E-state index contributed by atoms with van der Waals surface area (Å²) < 4.78 is 0. The largest absolute Gasteiger partial charge is 0.322 e. The molecule has 1 atom stereocenters. The number of hydrogen-bond acceptors (Lipinski definition) is 2. The number of fused-ring (bicyclic) bond motifs is 3. The standard InChI is InChI=1S/C26H26N2O/c1-17-8-4-5-9-20(17)18(2)15-26(3,16-27)19-12-13-22-21-10-6-7-11-23(21)25(29)28-24(22)14-19/h4-5,8-9,12-14H,2,6-7,10-11,15H2,1,3H3,(H,28,29). The number of aromatic amines is 1. The Morgan fingerprint density at radius 1 is 1.17 bits per heavy atom. The van der Waals surface area contributed by atoms with Gasteiger partial charge in [0.25, 0.3) is 5.56 Å². The number of aryl methyl sites for hydroxylation is 2. The van der Waals surface area contributed by atoms with E-state index < -0.39 is 5.41 Å². The molecule has 3 nitrogen and oxygen atoms in total. The zero-order chi connectivity index (χ0) is 20.6. The van der Waals surface area contributed by atoms with Crippen molar-refractivity contribution in [2.45, 2.75) is 51.4 Å². The van der Waals surface area contributed by atoms with Crippen LogP contribution in [0.1, 0.15) is 54.0 Å². The van der Waals surface area contributed by atoms with Crippen molar-refractivity contribution >= 4 is 16.5 Å². The highest BCUT2D eigenvalue weighted by atomic mass is 16.1. The van der Waals surface area contributed by atoms with E-state index in [1.807, 2.05) is 31.2 Å². The molecule has 0 aliphatic heterocycles. The molecule has 0 spiro atoms. The molecule has 0 amide bonds. The first kappa shape index (κ1) is 19.2. The van der Waals surface area contributed by atoms with E-state index in [0.717, 1.165) is 64.4 Å². The summed E-state index contributed by atoms with van der Waals surface area (Å²) in [6.07, 6.45) is 4.55. The molecule has 0 fully saturated rings. The van der Waals surface area contributed by atoms with Gasteiger partial charge in [-0.2, -0.15) is 5.26 Å². The van der Waals surface area contributed by atoms with Crippen molar-refractivity contribution in [2.24, 2.45) is 0 Å². The molecule has 1 aliphatic carbocycles. The molecule has 3 heteroatoms. The van der Waals surface area contributed by atoms with E-state index in [-0.39, 0.29) is 5.56 Å². The molecule has 0 radical (unpaired) electrons. The van der Waals surface area contributed by atoms with Crippen LogP contribution in [0.25, 0.3) is 16.5 Å². The molecule has 0 saturated heterocycles. The van der Waals surface area contributed by atoms with Crippen LogP contribution in [0.4, 0.5) is 0 Å². The van der Waals surface area contributed by atoms with Crippen LogP contribution in [0.3, 0.4) is 0 Å². The van der Waals surface area contributed by atoms with Gasteiger partial charge in [-0.25, -0.2) is 0 Å². The summed E-state index contributed by atoms with van der Waals surface area (Å²) in [6.45, 7) is 8.29. The topological polar surface area (TPSA) is 56.6 Å². The average Bonchev–Trinajstić information content (AvgIpc) is 2.73. The van der Waals surface area contributed by atoms with Gasteiger partial charge in [-0.1, -0.05) is 43.0 Å². The van der Waals surface area contributed by atoms with Gasteiger partial charge >= 0.3 is 0 Å². The van der Waals surface area contributed by atoms with E-state index in [4.69, 9.17) is 0 Å². The van der Waals surface area contributed by atoms with E-state index >= 15 is 0 Å². The van der Waals surface area contributed by atoms with Gasteiger partial charge in [0.2, 0.25) is 0 Å². The van der Waals surface area contributed by atoms with Gasteiger partial charge in [0.15, 0.2) is 0 Å². The van der Waals surface area contributed by atoms with Crippen LogP contribution in [-0.4, -0.2) is 4.98 Å². The van der Waals surface area contributed by atoms with E-state index in [1.54, 1.807) is 0 Å². The van der Waals surface area contributed by atoms with Crippen molar-refractivity contribution < 1.29 is 0 Å². The second-order valence-corrected chi connectivity index (χ2v) is 8.42. The molecule has 29 heavy (non-hydrogen) atoms. The fourth-order valence-corrected chi connectivity index (χ4v) is 4.60. The van der Waals surface area contributed by atoms with Gasteiger partial charge in [-0.05, 0) is 79.8 Å². The fourth-order valence-electron chi connectivity index (χ4n) is 4.60. The second-order valence-electron chi connectivity index (χ2n) is 8.42. The predicted octanol–water partition coefficient (Wildman–Crippen LogP) is 5.60. The number of aromatic nitrogens is 1. The SMILES string of the molecule is C=C(CC(C)(C#N)c1ccc2c3c(c(=O)[nH]c2c1)CCCC3)c1ccccc1C. The number of allylic oxidation sites excluding steroid dienone is 1. The molecule has 1 aromatic heterocycles. The molecular weight excluding hydrogens is 356 g/mol. The van der Waals surface area contributed by atoms with Gasteiger partial charge in [0.05, 0.1) is 11.5 Å². The molecule has 0 saturated carbocycles. The van der Waals surface area contributed by atoms with Crippen molar-refractivity contribution in [3.8, 4) is 6.07 Å². The first-order valence-corrected chi connectivity index (χ1v) is 10.3. The summed E-state index contributed by atoms with van der Waals surface area (Å²) in [7, 11) is 0. The number of nitrogens with zero attached hydrogens (tertiary/aromatic N) is 1. The predicted molar refractivity (Wildman–Crippen MR) is 119 cm³/mol. The van der Waals surface area contributed by atoms with Crippen LogP contribution in [0.2, 0.25) is 0 Å². The van der Waals surface area contributed by atoms with Crippen molar-refractivity contribution in [1.82, 2.24) is 4.98 Å². The van der Waals surface area contributed by atoms with Crippen LogP contribution >= 0.6 is 0 Å². The Bertz CT molecular complexity index is 1210. The van der Waals surface area contributed by atoms with Crippen molar-refractivity contribution in [3.05, 3.63) is 87.2 Å². The molecule has 1 N–H and O–H groups in total. The summed E-state index contributed by atoms with van der Waals surface area (Å²) in [4.78, 5) is 15.6. The molecular formula is C26H26N2O. The number of nitriles is 1. The van der Waals surface area contributed by atoms with Crippen LogP contribution in [-0.2, 0) is 18.3 Å². The Morgan fingerprint density at radius 2 is 1.90 bits per heavy atom. The first-order valence-electron chi connectivity index (χ1n) is 10.3. The summed E-state index contributed by atoms with van der Waals surface area (Å²) in [5.41, 5.74) is 6.37. The Labute approximate surface area is 171 Å². The lowest BCUT2D eigenvalue weighted by molar-refractivity contribution is 0.630. The molecule has 3 aromatic rings. The zero-order valence-corrected chi connectivity index (χ0v) is 17.1. The Balaban J connectivity index is 1.75. The van der Waals surface area contributed by atoms with Crippen LogP contribution in [0.5, 0.6) is 0 Å². The quantitative estimate of drug-likeness (QED) is 0.638. The number of pyridine rings is 1. The van der Waals surface area contributed by atoms with Gasteiger partial charge in [-0.3, -0.25) is 4.79 Å². The number of nitrogens with one attached hydrogen (secondary N) is 1. The minimum absolute atomic E-state index is 0.0207. The third-order valence-electron chi connectivity index (χ3n) is 6.31. The zero-order valence-electron chi connectivity index (χ0n) is 17.1. The minimum Gasteiger partial charge on any atom is -0.322 e. The third kappa shape index (κ3) is 3.40. The average molecular weight is 383 g/mol. The first-order chi connectivity index (χ1) is 13.9. The highest BCUT2D eigenvalue weighted by Gasteiger charge is 2.29. The number of benzene rings is 2. The van der Waals surface area contributed by atoms with E-state index in [0.29, 0.717) is 6.42 Å². The van der Waals surface area contributed by atoms with Gasteiger partial charge in [0, 0.05) is 16.5 Å². The van der Waals surface area contributed by atoms with Crippen molar-refractivity contribution in [1.29, 1.82) is 5.26 Å². The second kappa shape index (κ2) is 7.37. The summed E-state index contributed by atoms with van der Waals surface area (Å²) >= 11 is 0. The molecule has 0 bridgehead atoms. The van der Waals surface area contributed by atoms with Crippen molar-refractivity contribution in [3.63, 3.8) is 0 Å². The Morgan fingerprint density at radius 3 is 2.62 bits per heavy atom. The van der Waals surface area contributed by atoms with E-state index in [9.17, 15) is 10.1 Å². The Kier molecular flexibility index (Phi) is 4.88. The van der Waals surface area contributed by atoms with Crippen LogP contribution in [0.15, 0.2) is 53.8 Å². The monoisotopic (exact) mass is 382 g/mol. The highest BCUT2D eigenvalue weighted by molar-refractivity contribution is 5.84. The maximum Gasteiger partial charge on any atom is 0.251 e. The number of H-pyrrole nitrogens is 1. The maximum absolute atomic E-state index is 12.6. The minimum atomic E-state index is -0.722. The van der Waals surface area contributed by atoms with Gasteiger partial charge < -0.3 is 4.98 Å². The summed E-state index contributed by atoms with van der Waals surface area (Å²) in [5, 5.41) is 11.2. The molecule has 146 valence electrons. The highest BCUT2D eigenvalue weighted by Crippen LogP contribution is 2.36. The molecule has 1 aliphatic rings. The lowest BCUT2D eigenvalue weighted by atomic mass is 9.76. The molecule has 1 heterocycles. The molecule has 2 aromatic carbocycles. The molecule has 1 unspecified atom stereocenters. The number of rotatable bonds is 4. The molecule has 4 rings (SSSR count). The van der Waals surface area contributed by atoms with Crippen LogP contribution < -0.4 is 5.56 Å². The lowest BCUT2D eigenvalue weighted by Crippen LogP contribution is -2.22. The van der Waals surface area contributed by atoms with Gasteiger partial charge in [-0.15, -0.1) is 0 Å². The van der Waals surface area contributed by atoms with E-state index in [2.05, 4.69) is 42.8 Å². The third-order valence-corrected chi connectivity index (χ3v) is 6.31. The summed E-state index contributed by atoms with van der Waals surface area (Å²) in [5.74, 6) is 0. The normalized spacial score (nSPS) is 15.3. The Hall–Kier alpha value is -3.12. The lowest BCUT2D eigenvalue weighted by Gasteiger charge is -2.25. The van der Waals surface area contributed by atoms with E-state index in [1.165, 1.54) is 5.56 Å². The smallest absolute Gasteiger partial charge is 0.251 e. The summed E-state index contributed by atoms with van der Waals surface area (Å²) in [6, 6.07) is 16.7. The number of hydrogen-bond donors (Lipinski definition) is 1. The van der Waals surface area contributed by atoms with Crippen molar-refractivity contribution in [2.75, 3.05) is 0 Å². The van der Waals surface area contributed by atoms with Gasteiger partial charge in [0.1, 0.15) is 0 Å². The van der Waals surface area contributed by atoms with Crippen LogP contribution in [0, 0.1) is 18.3 Å². The fraction of sp³-hybridized carbons (Fsp3) is 0.308. The maximum atomic E-state index is 12.6.